The lowest BCUT2D eigenvalue weighted by atomic mass is 10.4. The average molecular weight is 193 g/mol. The highest BCUT2D eigenvalue weighted by atomic mass is 32.2. The Morgan fingerprint density at radius 2 is 2.08 bits per heavy atom. The van der Waals surface area contributed by atoms with E-state index in [1.165, 1.54) is 18.2 Å². The van der Waals surface area contributed by atoms with Gasteiger partial charge in [-0.15, -0.1) is 11.8 Å². The van der Waals surface area contributed by atoms with Crippen LogP contribution in [0.2, 0.25) is 0 Å². The maximum atomic E-state index is 12.5. The second kappa shape index (κ2) is 5.39. The van der Waals surface area contributed by atoms with Crippen LogP contribution in [0.25, 0.3) is 0 Å². The fourth-order valence-corrected chi connectivity index (χ4v) is 1.49. The first-order valence-electron chi connectivity index (χ1n) is 3.76. The van der Waals surface area contributed by atoms with Crippen molar-refractivity contribution in [2.24, 2.45) is 0 Å². The van der Waals surface area contributed by atoms with Gasteiger partial charge in [-0.05, 0) is 24.3 Å². The molecule has 0 aliphatic carbocycles. The third-order valence-corrected chi connectivity index (χ3v) is 2.32. The van der Waals surface area contributed by atoms with Crippen LogP contribution in [0.3, 0.4) is 0 Å². The number of nitriles is 1. The average Bonchev–Trinajstić information content (AvgIpc) is 2.15. The SMILES string of the molecule is N#C/C=C/CSc1ccc(F)cc1. The molecule has 0 N–H and O–H groups in total. The van der Waals surface area contributed by atoms with Crippen LogP contribution in [-0.4, -0.2) is 5.75 Å². The molecule has 3 heteroatoms. The monoisotopic (exact) mass is 193 g/mol. The number of thioether (sulfide) groups is 1. The van der Waals surface area contributed by atoms with E-state index in [9.17, 15) is 4.39 Å². The lowest BCUT2D eigenvalue weighted by Crippen LogP contribution is -1.75. The van der Waals surface area contributed by atoms with E-state index in [1.54, 1.807) is 30.0 Å². The Bertz CT molecular complexity index is 324. The quantitative estimate of drug-likeness (QED) is 0.544. The van der Waals surface area contributed by atoms with Gasteiger partial charge in [-0.25, -0.2) is 4.39 Å². The van der Waals surface area contributed by atoms with Crippen molar-refractivity contribution in [3.63, 3.8) is 0 Å². The highest BCUT2D eigenvalue weighted by Crippen LogP contribution is 2.17. The van der Waals surface area contributed by atoms with Crippen LogP contribution in [0.1, 0.15) is 0 Å². The molecule has 0 aromatic heterocycles. The molecule has 0 spiro atoms. The molecule has 0 atom stereocenters. The predicted molar refractivity (Wildman–Crippen MR) is 51.9 cm³/mol. The highest BCUT2D eigenvalue weighted by Gasteiger charge is 1.91. The number of benzene rings is 1. The molecule has 13 heavy (non-hydrogen) atoms. The number of hydrogen-bond acceptors (Lipinski definition) is 2. The second-order valence-corrected chi connectivity index (χ2v) is 3.39. The number of halogens is 1. The molecule has 0 saturated heterocycles. The molecule has 0 heterocycles. The van der Waals surface area contributed by atoms with Crippen molar-refractivity contribution in [3.05, 3.63) is 42.2 Å². The zero-order valence-electron chi connectivity index (χ0n) is 6.90. The van der Waals surface area contributed by atoms with Gasteiger partial charge in [0.2, 0.25) is 0 Å². The lowest BCUT2D eigenvalue weighted by Gasteiger charge is -1.96. The summed E-state index contributed by atoms with van der Waals surface area (Å²) in [5.41, 5.74) is 0. The molecule has 0 saturated carbocycles. The minimum Gasteiger partial charge on any atom is -0.207 e. The highest BCUT2D eigenvalue weighted by molar-refractivity contribution is 7.99. The van der Waals surface area contributed by atoms with Crippen LogP contribution in [0.15, 0.2) is 41.3 Å². The molecule has 1 aromatic carbocycles. The van der Waals surface area contributed by atoms with E-state index in [4.69, 9.17) is 5.26 Å². The van der Waals surface area contributed by atoms with E-state index in [0.717, 1.165) is 10.6 Å². The van der Waals surface area contributed by atoms with Crippen molar-refractivity contribution in [3.8, 4) is 6.07 Å². The third kappa shape index (κ3) is 3.77. The molecule has 0 bridgehead atoms. The van der Waals surface area contributed by atoms with Gasteiger partial charge in [-0.1, -0.05) is 6.08 Å². The summed E-state index contributed by atoms with van der Waals surface area (Å²) < 4.78 is 12.5. The van der Waals surface area contributed by atoms with Crippen molar-refractivity contribution >= 4 is 11.8 Å². The van der Waals surface area contributed by atoms with Crippen LogP contribution in [0.5, 0.6) is 0 Å². The number of allylic oxidation sites excluding steroid dienone is 1. The number of rotatable bonds is 3. The summed E-state index contributed by atoms with van der Waals surface area (Å²) in [6.45, 7) is 0. The van der Waals surface area contributed by atoms with Crippen molar-refractivity contribution < 1.29 is 4.39 Å². The molecule has 66 valence electrons. The fourth-order valence-electron chi connectivity index (χ4n) is 0.776. The Morgan fingerprint density at radius 3 is 2.69 bits per heavy atom. The molecule has 0 aliphatic heterocycles. The van der Waals surface area contributed by atoms with Crippen molar-refractivity contribution in [2.75, 3.05) is 5.75 Å². The van der Waals surface area contributed by atoms with Gasteiger partial charge in [-0.2, -0.15) is 5.26 Å². The summed E-state index contributed by atoms with van der Waals surface area (Å²) in [5.74, 6) is 0.510. The largest absolute Gasteiger partial charge is 0.207 e. The van der Waals surface area contributed by atoms with E-state index in [-0.39, 0.29) is 5.82 Å². The molecule has 0 radical (unpaired) electrons. The second-order valence-electron chi connectivity index (χ2n) is 2.30. The van der Waals surface area contributed by atoms with Gasteiger partial charge in [-0.3, -0.25) is 0 Å². The van der Waals surface area contributed by atoms with Crippen LogP contribution in [0, 0.1) is 17.1 Å². The van der Waals surface area contributed by atoms with E-state index in [1.807, 2.05) is 6.07 Å². The van der Waals surface area contributed by atoms with Crippen molar-refractivity contribution in [1.29, 1.82) is 5.26 Å². The van der Waals surface area contributed by atoms with Gasteiger partial charge in [0.25, 0.3) is 0 Å². The Hall–Kier alpha value is -1.27. The van der Waals surface area contributed by atoms with E-state index >= 15 is 0 Å². The molecule has 1 nitrogen and oxygen atoms in total. The fraction of sp³-hybridized carbons (Fsp3) is 0.100. The zero-order valence-corrected chi connectivity index (χ0v) is 7.72. The van der Waals surface area contributed by atoms with Gasteiger partial charge in [0.05, 0.1) is 6.07 Å². The molecular formula is C10H8FNS. The van der Waals surface area contributed by atoms with Gasteiger partial charge >= 0.3 is 0 Å². The lowest BCUT2D eigenvalue weighted by molar-refractivity contribution is 0.626. The Kier molecular flexibility index (Phi) is 4.07. The Balaban J connectivity index is 2.42. The summed E-state index contributed by atoms with van der Waals surface area (Å²) in [6, 6.07) is 8.21. The summed E-state index contributed by atoms with van der Waals surface area (Å²) in [5, 5.41) is 8.20. The predicted octanol–water partition coefficient (Wildman–Crippen LogP) is 3.00. The standard InChI is InChI=1S/C10H8FNS/c11-9-3-5-10(6-4-9)13-8-2-1-7-12/h1-6H,8H2/b2-1+. The maximum Gasteiger partial charge on any atom is 0.123 e. The Labute approximate surface area is 80.9 Å². The van der Waals surface area contributed by atoms with Crippen LogP contribution in [-0.2, 0) is 0 Å². The first kappa shape index (κ1) is 9.82. The number of hydrogen-bond donors (Lipinski definition) is 0. The molecule has 1 aromatic rings. The smallest absolute Gasteiger partial charge is 0.123 e. The third-order valence-electron chi connectivity index (χ3n) is 1.35. The van der Waals surface area contributed by atoms with Gasteiger partial charge in [0, 0.05) is 16.7 Å². The maximum absolute atomic E-state index is 12.5. The Morgan fingerprint density at radius 1 is 1.38 bits per heavy atom. The van der Waals surface area contributed by atoms with E-state index < -0.39 is 0 Å². The summed E-state index contributed by atoms with van der Waals surface area (Å²) in [6.07, 6.45) is 3.21. The first-order chi connectivity index (χ1) is 6.33. The van der Waals surface area contributed by atoms with Gasteiger partial charge < -0.3 is 0 Å². The van der Waals surface area contributed by atoms with Crippen LogP contribution in [0.4, 0.5) is 4.39 Å². The van der Waals surface area contributed by atoms with Crippen molar-refractivity contribution in [1.82, 2.24) is 0 Å². The summed E-state index contributed by atoms with van der Waals surface area (Å²) in [4.78, 5) is 1.00. The minimum absolute atomic E-state index is 0.225. The molecule has 1 rings (SSSR count). The number of nitrogens with zero attached hydrogens (tertiary/aromatic N) is 1. The topological polar surface area (TPSA) is 23.8 Å². The zero-order chi connectivity index (χ0) is 9.52. The van der Waals surface area contributed by atoms with Crippen LogP contribution < -0.4 is 0 Å². The van der Waals surface area contributed by atoms with Crippen molar-refractivity contribution in [2.45, 2.75) is 4.90 Å². The summed E-state index contributed by atoms with van der Waals surface area (Å²) in [7, 11) is 0. The molecule has 0 amide bonds. The summed E-state index contributed by atoms with van der Waals surface area (Å²) >= 11 is 1.56. The molecular weight excluding hydrogens is 185 g/mol. The first-order valence-corrected chi connectivity index (χ1v) is 4.74. The molecule has 0 unspecified atom stereocenters. The molecule has 0 aliphatic rings. The van der Waals surface area contributed by atoms with E-state index in [0.29, 0.717) is 0 Å². The van der Waals surface area contributed by atoms with Gasteiger partial charge in [0.1, 0.15) is 5.82 Å². The molecule has 0 fully saturated rings. The minimum atomic E-state index is -0.225. The van der Waals surface area contributed by atoms with Gasteiger partial charge in [0.15, 0.2) is 0 Å². The normalized spacial score (nSPS) is 10.2. The van der Waals surface area contributed by atoms with Crippen LogP contribution >= 0.6 is 11.8 Å². The van der Waals surface area contributed by atoms with E-state index in [2.05, 4.69) is 0 Å².